The Kier molecular flexibility index (Phi) is 13.4. The summed E-state index contributed by atoms with van der Waals surface area (Å²) >= 11 is 0. The fourth-order valence-electron chi connectivity index (χ4n) is 2.57. The summed E-state index contributed by atoms with van der Waals surface area (Å²) in [5.74, 6) is -2.76. The molecule has 1 amide bonds. The van der Waals surface area contributed by atoms with Crippen LogP contribution in [0.3, 0.4) is 0 Å². The number of amides is 1. The van der Waals surface area contributed by atoms with Crippen LogP contribution in [-0.4, -0.2) is 63.8 Å². The Bertz CT molecular complexity index is 512. The summed E-state index contributed by atoms with van der Waals surface area (Å²) in [5, 5.41) is 5.79. The van der Waals surface area contributed by atoms with Gasteiger partial charge in [0.25, 0.3) is 0 Å². The highest BCUT2D eigenvalue weighted by Crippen LogP contribution is 2.21. The minimum atomic E-state index is -1.78. The third kappa shape index (κ3) is 8.50. The Morgan fingerprint density at radius 2 is 1.86 bits per heavy atom. The molecule has 0 fully saturated rings. The molecule has 0 aliphatic heterocycles. The van der Waals surface area contributed by atoms with Crippen molar-refractivity contribution in [3.63, 3.8) is 0 Å². The molecule has 0 aliphatic rings. The van der Waals surface area contributed by atoms with E-state index in [-0.39, 0.29) is 13.0 Å². The van der Waals surface area contributed by atoms with Gasteiger partial charge in [-0.3, -0.25) is 9.59 Å². The largest absolute Gasteiger partial charge is 0.466 e. The lowest BCUT2D eigenvalue weighted by molar-refractivity contribution is -0.235. The highest BCUT2D eigenvalue weighted by molar-refractivity contribution is 5.83. The van der Waals surface area contributed by atoms with Crippen molar-refractivity contribution < 1.29 is 28.2 Å². The second kappa shape index (κ2) is 14.3. The molecular weight excluding hydrogens is 367 g/mol. The van der Waals surface area contributed by atoms with Crippen LogP contribution < -0.4 is 10.6 Å². The lowest BCUT2D eigenvalue weighted by Crippen LogP contribution is -2.60. The molecule has 8 heteroatoms. The van der Waals surface area contributed by atoms with Gasteiger partial charge in [-0.2, -0.15) is 0 Å². The molecule has 0 aliphatic carbocycles. The van der Waals surface area contributed by atoms with Crippen LogP contribution in [0.1, 0.15) is 40.0 Å². The van der Waals surface area contributed by atoms with E-state index in [1.165, 1.54) is 14.2 Å². The van der Waals surface area contributed by atoms with Crippen molar-refractivity contribution in [3.8, 4) is 0 Å². The number of carbonyl (C=O) groups excluding carboxylic acids is 2. The molecule has 0 rings (SSSR count). The Morgan fingerprint density at radius 3 is 2.32 bits per heavy atom. The molecule has 7 nitrogen and oxygen atoms in total. The van der Waals surface area contributed by atoms with Crippen LogP contribution in [-0.2, 0) is 23.8 Å². The Labute approximate surface area is 167 Å². The zero-order chi connectivity index (χ0) is 21.6. The molecule has 0 aromatic heterocycles. The van der Waals surface area contributed by atoms with Gasteiger partial charge in [-0.15, -0.1) is 0 Å². The van der Waals surface area contributed by atoms with Crippen LogP contribution in [0.2, 0.25) is 0 Å². The third-order valence-electron chi connectivity index (χ3n) is 4.29. The van der Waals surface area contributed by atoms with Crippen molar-refractivity contribution in [1.29, 1.82) is 0 Å². The number of methoxy groups -OCH3 is 2. The van der Waals surface area contributed by atoms with Crippen LogP contribution in [0.5, 0.6) is 0 Å². The molecule has 0 radical (unpaired) electrons. The Balaban J connectivity index is 5.24. The monoisotopic (exact) mass is 402 g/mol. The van der Waals surface area contributed by atoms with E-state index in [0.29, 0.717) is 13.0 Å². The highest BCUT2D eigenvalue weighted by atomic mass is 19.1. The molecule has 2 atom stereocenters. The maximum absolute atomic E-state index is 13.7. The topological polar surface area (TPSA) is 85.9 Å². The van der Waals surface area contributed by atoms with E-state index in [4.69, 9.17) is 14.2 Å². The molecule has 0 saturated carbocycles. The van der Waals surface area contributed by atoms with Crippen LogP contribution in [0.15, 0.2) is 24.3 Å². The standard InChI is InChI=1S/C20H35FN2O5/c1-7-10-11-15(4)13-22-16(8-2)19(25)23-17(12-18(24)28-9-3)20(14-21,26-5)27-6/h10-11,16-17,22H,4,7-9,12-14H2,1-3,5-6H3,(H,23,25)/b11-10-. The summed E-state index contributed by atoms with van der Waals surface area (Å²) in [5.41, 5.74) is 0.836. The fourth-order valence-corrected chi connectivity index (χ4v) is 2.57. The minimum absolute atomic E-state index is 0.175. The number of hydrogen-bond donors (Lipinski definition) is 2. The summed E-state index contributed by atoms with van der Waals surface area (Å²) in [4.78, 5) is 24.7. The van der Waals surface area contributed by atoms with Crippen molar-refractivity contribution in [2.45, 2.75) is 57.9 Å². The van der Waals surface area contributed by atoms with Crippen molar-refractivity contribution in [3.05, 3.63) is 24.3 Å². The first-order valence-corrected chi connectivity index (χ1v) is 9.53. The maximum Gasteiger partial charge on any atom is 0.308 e. The van der Waals surface area contributed by atoms with Gasteiger partial charge in [0.2, 0.25) is 11.7 Å². The number of alkyl halides is 1. The summed E-state index contributed by atoms with van der Waals surface area (Å²) in [6.45, 7) is 9.01. The van der Waals surface area contributed by atoms with E-state index in [1.54, 1.807) is 6.92 Å². The molecule has 2 N–H and O–H groups in total. The first-order chi connectivity index (χ1) is 13.3. The number of allylic oxidation sites excluding steroid dienone is 1. The molecule has 0 saturated heterocycles. The van der Waals surface area contributed by atoms with Gasteiger partial charge in [0, 0.05) is 20.8 Å². The highest BCUT2D eigenvalue weighted by Gasteiger charge is 2.43. The Hall–Kier alpha value is -1.77. The first-order valence-electron chi connectivity index (χ1n) is 9.53. The van der Waals surface area contributed by atoms with Crippen LogP contribution in [0.25, 0.3) is 0 Å². The van der Waals surface area contributed by atoms with Gasteiger partial charge in [0.15, 0.2) is 0 Å². The molecule has 0 bridgehead atoms. The molecule has 2 unspecified atom stereocenters. The summed E-state index contributed by atoms with van der Waals surface area (Å²) in [7, 11) is 2.51. The van der Waals surface area contributed by atoms with E-state index in [9.17, 15) is 14.0 Å². The van der Waals surface area contributed by atoms with Crippen LogP contribution in [0.4, 0.5) is 4.39 Å². The molecule has 0 aromatic rings. The Morgan fingerprint density at radius 1 is 1.21 bits per heavy atom. The van der Waals surface area contributed by atoms with E-state index in [2.05, 4.69) is 17.2 Å². The van der Waals surface area contributed by atoms with E-state index < -0.39 is 36.4 Å². The average Bonchev–Trinajstić information content (AvgIpc) is 2.68. The average molecular weight is 403 g/mol. The van der Waals surface area contributed by atoms with Gasteiger partial charge in [-0.1, -0.05) is 32.6 Å². The fraction of sp³-hybridized carbons (Fsp3) is 0.700. The van der Waals surface area contributed by atoms with Crippen molar-refractivity contribution in [1.82, 2.24) is 10.6 Å². The normalized spacial score (nSPS) is 13.9. The van der Waals surface area contributed by atoms with Crippen molar-refractivity contribution in [2.24, 2.45) is 0 Å². The molecule has 162 valence electrons. The van der Waals surface area contributed by atoms with Crippen molar-refractivity contribution in [2.75, 3.05) is 34.0 Å². The molecular formula is C20H35FN2O5. The predicted molar refractivity (Wildman–Crippen MR) is 107 cm³/mol. The first kappa shape index (κ1) is 26.2. The molecule has 0 aromatic carbocycles. The van der Waals surface area contributed by atoms with E-state index >= 15 is 0 Å². The predicted octanol–water partition coefficient (Wildman–Crippen LogP) is 2.27. The van der Waals surface area contributed by atoms with Crippen LogP contribution >= 0.6 is 0 Å². The zero-order valence-corrected chi connectivity index (χ0v) is 17.7. The van der Waals surface area contributed by atoms with Gasteiger partial charge in [-0.25, -0.2) is 4.39 Å². The van der Waals surface area contributed by atoms with Gasteiger partial charge < -0.3 is 24.8 Å². The number of hydrogen-bond acceptors (Lipinski definition) is 6. The smallest absolute Gasteiger partial charge is 0.308 e. The number of ether oxygens (including phenoxy) is 3. The SMILES string of the molecule is C=C(/C=C\CC)CNC(CC)C(=O)NC(CC(=O)OCC)C(CF)(OC)OC. The molecule has 0 heterocycles. The van der Waals surface area contributed by atoms with Gasteiger partial charge in [-0.05, 0) is 25.3 Å². The summed E-state index contributed by atoms with van der Waals surface area (Å²) in [6, 6.07) is -1.61. The maximum atomic E-state index is 13.7. The van der Waals surface area contributed by atoms with E-state index in [1.807, 2.05) is 26.0 Å². The number of esters is 1. The number of rotatable bonds is 15. The zero-order valence-electron chi connectivity index (χ0n) is 17.7. The lowest BCUT2D eigenvalue weighted by atomic mass is 10.0. The number of nitrogens with one attached hydrogen (secondary N) is 2. The van der Waals surface area contributed by atoms with Crippen LogP contribution in [0, 0.1) is 0 Å². The van der Waals surface area contributed by atoms with Crippen molar-refractivity contribution >= 4 is 11.9 Å². The third-order valence-corrected chi connectivity index (χ3v) is 4.29. The quantitative estimate of drug-likeness (QED) is 0.248. The van der Waals surface area contributed by atoms with E-state index in [0.717, 1.165) is 12.0 Å². The molecule has 0 spiro atoms. The van der Waals surface area contributed by atoms with Gasteiger partial charge >= 0.3 is 5.97 Å². The number of carbonyl (C=O) groups is 2. The second-order valence-electron chi connectivity index (χ2n) is 6.23. The second-order valence-corrected chi connectivity index (χ2v) is 6.23. The van der Waals surface area contributed by atoms with Gasteiger partial charge in [0.05, 0.1) is 25.1 Å². The summed E-state index contributed by atoms with van der Waals surface area (Å²) in [6.07, 6.45) is 4.98. The summed E-state index contributed by atoms with van der Waals surface area (Å²) < 4.78 is 29.0. The minimum Gasteiger partial charge on any atom is -0.466 e. The van der Waals surface area contributed by atoms with Gasteiger partial charge in [0.1, 0.15) is 6.67 Å². The number of halogens is 1. The molecule has 28 heavy (non-hydrogen) atoms. The lowest BCUT2D eigenvalue weighted by Gasteiger charge is -2.36.